The molecule has 0 amide bonds. The van der Waals surface area contributed by atoms with Crippen molar-refractivity contribution >= 4 is 27.8 Å². The van der Waals surface area contributed by atoms with E-state index in [1.807, 2.05) is 37.3 Å². The van der Waals surface area contributed by atoms with Crippen LogP contribution >= 0.6 is 11.8 Å². The van der Waals surface area contributed by atoms with E-state index in [4.69, 9.17) is 0 Å². The lowest BCUT2D eigenvalue weighted by molar-refractivity contribution is -0.143. The van der Waals surface area contributed by atoms with Crippen LogP contribution in [0.3, 0.4) is 0 Å². The Bertz CT molecular complexity index is 1230. The molecule has 3 atom stereocenters. The number of nitrogens with zero attached hydrogens (tertiary/aromatic N) is 1. The Balaban J connectivity index is 1.70. The van der Waals surface area contributed by atoms with Crippen LogP contribution in [0, 0.1) is 18.7 Å². The Hall–Kier alpha value is -2.68. The Morgan fingerprint density at radius 1 is 1.03 bits per heavy atom. The number of sulfonamides is 1. The number of halogens is 1. The second-order valence-electron chi connectivity index (χ2n) is 8.47. The summed E-state index contributed by atoms with van der Waals surface area (Å²) in [7, 11) is -3.98. The van der Waals surface area contributed by atoms with Crippen molar-refractivity contribution in [2.45, 2.75) is 35.3 Å². The summed E-state index contributed by atoms with van der Waals surface area (Å²) in [5.41, 5.74) is 2.64. The molecule has 1 aliphatic heterocycles. The summed E-state index contributed by atoms with van der Waals surface area (Å²) in [4.78, 5) is 12.3. The third-order valence-electron chi connectivity index (χ3n) is 6.14. The van der Waals surface area contributed by atoms with Gasteiger partial charge in [-0.05, 0) is 48.7 Å². The van der Waals surface area contributed by atoms with Gasteiger partial charge in [0.1, 0.15) is 5.82 Å². The minimum absolute atomic E-state index is 0.115. The van der Waals surface area contributed by atoms with Gasteiger partial charge in [-0.25, -0.2) is 12.8 Å². The molecule has 0 aromatic heterocycles. The summed E-state index contributed by atoms with van der Waals surface area (Å²) in [5.74, 6) is -1.68. The first kappa shape index (κ1) is 24.4. The van der Waals surface area contributed by atoms with Crippen LogP contribution in [0.4, 0.5) is 4.39 Å². The second-order valence-corrected chi connectivity index (χ2v) is 11.6. The summed E-state index contributed by atoms with van der Waals surface area (Å²) >= 11 is 1.52. The number of aryl methyl sites for hydroxylation is 1. The van der Waals surface area contributed by atoms with Crippen LogP contribution < -0.4 is 0 Å². The molecule has 3 aromatic rings. The third-order valence-corrected chi connectivity index (χ3v) is 9.47. The van der Waals surface area contributed by atoms with Crippen molar-refractivity contribution in [2.75, 3.05) is 6.54 Å². The van der Waals surface area contributed by atoms with E-state index in [2.05, 4.69) is 0 Å². The quantitative estimate of drug-likeness (QED) is 0.479. The lowest BCUT2D eigenvalue weighted by atomic mass is 9.90. The van der Waals surface area contributed by atoms with Crippen LogP contribution in [0.15, 0.2) is 83.8 Å². The molecule has 1 aliphatic rings. The van der Waals surface area contributed by atoms with Crippen molar-refractivity contribution in [3.63, 3.8) is 0 Å². The lowest BCUT2D eigenvalue weighted by Crippen LogP contribution is -2.49. The molecule has 0 aliphatic carbocycles. The average Bonchev–Trinajstić information content (AvgIpc) is 2.83. The number of thioether (sulfide) groups is 1. The van der Waals surface area contributed by atoms with Gasteiger partial charge in [0, 0.05) is 17.5 Å². The molecular weight excluding hydrogens is 473 g/mol. The van der Waals surface area contributed by atoms with Gasteiger partial charge in [-0.2, -0.15) is 16.1 Å². The summed E-state index contributed by atoms with van der Waals surface area (Å²) in [5, 5.41) is 9.70. The molecule has 1 saturated heterocycles. The first-order chi connectivity index (χ1) is 16.3. The summed E-state index contributed by atoms with van der Waals surface area (Å²) in [6.07, 6.45) is 0.311. The first-order valence-corrected chi connectivity index (χ1v) is 13.5. The highest BCUT2D eigenvalue weighted by atomic mass is 32.2. The van der Waals surface area contributed by atoms with Gasteiger partial charge in [-0.3, -0.25) is 4.79 Å². The molecule has 0 saturated carbocycles. The Labute approximate surface area is 203 Å². The minimum atomic E-state index is -3.98. The normalized spacial score (nSPS) is 21.3. The van der Waals surface area contributed by atoms with Crippen LogP contribution in [0.25, 0.3) is 0 Å². The number of benzene rings is 3. The minimum Gasteiger partial charge on any atom is -0.481 e. The maximum atomic E-state index is 13.7. The SMILES string of the molecule is Cc1ccc(S(=O)(=O)N2C[C@@H](C(=O)O)[C@H](SCc3ccccc3)C[C@H]2c2ccc(F)cc2)cc1. The molecule has 0 bridgehead atoms. The fourth-order valence-corrected chi connectivity index (χ4v) is 7.24. The molecule has 8 heteroatoms. The summed E-state index contributed by atoms with van der Waals surface area (Å²) < 4.78 is 42.2. The number of hydrogen-bond acceptors (Lipinski definition) is 4. The zero-order valence-corrected chi connectivity index (χ0v) is 20.3. The summed E-state index contributed by atoms with van der Waals surface area (Å²) in [6, 6.07) is 21.5. The van der Waals surface area contributed by atoms with Gasteiger partial charge >= 0.3 is 5.97 Å². The van der Waals surface area contributed by atoms with Crippen molar-refractivity contribution in [1.29, 1.82) is 0 Å². The van der Waals surface area contributed by atoms with E-state index in [9.17, 15) is 22.7 Å². The molecule has 0 spiro atoms. The molecule has 1 heterocycles. The van der Waals surface area contributed by atoms with Gasteiger partial charge in [0.05, 0.1) is 16.9 Å². The second kappa shape index (κ2) is 10.3. The van der Waals surface area contributed by atoms with E-state index in [0.717, 1.165) is 11.1 Å². The number of rotatable bonds is 7. The molecule has 0 radical (unpaired) electrons. The van der Waals surface area contributed by atoms with Crippen LogP contribution in [0.2, 0.25) is 0 Å². The van der Waals surface area contributed by atoms with Crippen LogP contribution in [-0.2, 0) is 20.6 Å². The van der Waals surface area contributed by atoms with Crippen molar-refractivity contribution in [1.82, 2.24) is 4.31 Å². The zero-order valence-electron chi connectivity index (χ0n) is 18.7. The molecule has 178 valence electrons. The Kier molecular flexibility index (Phi) is 7.40. The molecular formula is C26H26FNO4S2. The molecule has 34 heavy (non-hydrogen) atoms. The van der Waals surface area contributed by atoms with E-state index in [-0.39, 0.29) is 16.7 Å². The number of aliphatic carboxylic acids is 1. The lowest BCUT2D eigenvalue weighted by Gasteiger charge is -2.41. The Morgan fingerprint density at radius 2 is 1.68 bits per heavy atom. The zero-order chi connectivity index (χ0) is 24.3. The van der Waals surface area contributed by atoms with Gasteiger partial charge in [0.15, 0.2) is 0 Å². The van der Waals surface area contributed by atoms with Crippen LogP contribution in [0.5, 0.6) is 0 Å². The van der Waals surface area contributed by atoms with Gasteiger partial charge in [-0.1, -0.05) is 60.2 Å². The fourth-order valence-electron chi connectivity index (χ4n) is 4.24. The molecule has 5 nitrogen and oxygen atoms in total. The van der Waals surface area contributed by atoms with E-state index in [1.54, 1.807) is 36.4 Å². The molecule has 1 N–H and O–H groups in total. The summed E-state index contributed by atoms with van der Waals surface area (Å²) in [6.45, 7) is 1.72. The van der Waals surface area contributed by atoms with E-state index in [1.165, 1.54) is 28.2 Å². The number of piperidine rings is 1. The first-order valence-electron chi connectivity index (χ1n) is 11.0. The van der Waals surface area contributed by atoms with Gasteiger partial charge in [0.2, 0.25) is 10.0 Å². The van der Waals surface area contributed by atoms with Crippen molar-refractivity contribution in [3.8, 4) is 0 Å². The highest BCUT2D eigenvalue weighted by Gasteiger charge is 2.45. The van der Waals surface area contributed by atoms with Crippen LogP contribution in [-0.4, -0.2) is 35.6 Å². The smallest absolute Gasteiger partial charge is 0.308 e. The maximum absolute atomic E-state index is 13.7. The number of carboxylic acids is 1. The standard InChI is InChI=1S/C26H26FNO4S2/c1-18-7-13-22(14-8-18)34(31,32)28-16-23(26(29)30)25(33-17-19-5-3-2-4-6-19)15-24(28)20-9-11-21(27)12-10-20/h2-14,23-25H,15-17H2,1H3,(H,29,30)/t23-,24+,25-/m1/s1. The number of carbonyl (C=O) groups is 1. The van der Waals surface area contributed by atoms with Gasteiger partial charge in [0.25, 0.3) is 0 Å². The predicted molar refractivity (Wildman–Crippen MR) is 131 cm³/mol. The van der Waals surface area contributed by atoms with Crippen molar-refractivity contribution in [3.05, 3.63) is 101 Å². The van der Waals surface area contributed by atoms with Crippen molar-refractivity contribution in [2.24, 2.45) is 5.92 Å². The third kappa shape index (κ3) is 5.35. The largest absolute Gasteiger partial charge is 0.481 e. The monoisotopic (exact) mass is 499 g/mol. The number of hydrogen-bond donors (Lipinski definition) is 1. The molecule has 3 aromatic carbocycles. The maximum Gasteiger partial charge on any atom is 0.308 e. The fraction of sp³-hybridized carbons (Fsp3) is 0.269. The highest BCUT2D eigenvalue weighted by Crippen LogP contribution is 2.43. The van der Waals surface area contributed by atoms with E-state index in [0.29, 0.717) is 17.7 Å². The van der Waals surface area contributed by atoms with Gasteiger partial charge in [-0.15, -0.1) is 0 Å². The van der Waals surface area contributed by atoms with Crippen molar-refractivity contribution < 1.29 is 22.7 Å². The van der Waals surface area contributed by atoms with E-state index >= 15 is 0 Å². The number of carboxylic acid groups (broad SMARTS) is 1. The Morgan fingerprint density at radius 3 is 2.29 bits per heavy atom. The highest BCUT2D eigenvalue weighted by molar-refractivity contribution is 7.99. The average molecular weight is 500 g/mol. The molecule has 0 unspecified atom stereocenters. The molecule has 1 fully saturated rings. The topological polar surface area (TPSA) is 74.7 Å². The predicted octanol–water partition coefficient (Wildman–Crippen LogP) is 5.27. The van der Waals surface area contributed by atoms with E-state index < -0.39 is 33.8 Å². The van der Waals surface area contributed by atoms with Crippen LogP contribution in [0.1, 0.15) is 29.2 Å². The van der Waals surface area contributed by atoms with Gasteiger partial charge < -0.3 is 5.11 Å². The molecule has 4 rings (SSSR count).